The predicted molar refractivity (Wildman–Crippen MR) is 228 cm³/mol. The Bertz CT molecular complexity index is 2200. The van der Waals surface area contributed by atoms with Gasteiger partial charge in [0.05, 0.1) is 18.9 Å². The Morgan fingerprint density at radius 2 is 1.25 bits per heavy atom. The second-order valence-electron chi connectivity index (χ2n) is 15.8. The van der Waals surface area contributed by atoms with E-state index >= 15 is 0 Å². The Labute approximate surface area is 338 Å². The molecule has 6 aromatic rings. The average Bonchev–Trinajstić information content (AvgIpc) is 3.83. The molecule has 4 aromatic carbocycles. The number of hydrogen-bond acceptors (Lipinski definition) is 7. The Hall–Kier alpha value is -4.06. The fourth-order valence-corrected chi connectivity index (χ4v) is 7.68. The van der Waals surface area contributed by atoms with Crippen LogP contribution in [-0.2, 0) is 25.3 Å². The van der Waals surface area contributed by atoms with Crippen LogP contribution in [-0.4, -0.2) is 39.9 Å². The van der Waals surface area contributed by atoms with Gasteiger partial charge in [-0.05, 0) is 90.8 Å². The molecule has 0 bridgehead atoms. The van der Waals surface area contributed by atoms with Crippen LogP contribution in [0.1, 0.15) is 102 Å². The highest BCUT2D eigenvalue weighted by Gasteiger charge is 2.31. The Balaban J connectivity index is 0.000000217. The molecule has 0 radical (unpaired) electrons. The molecule has 0 unspecified atom stereocenters. The van der Waals surface area contributed by atoms with Gasteiger partial charge in [0, 0.05) is 34.0 Å². The molecule has 0 aliphatic heterocycles. The summed E-state index contributed by atoms with van der Waals surface area (Å²) >= 11 is 2.34. The highest BCUT2D eigenvalue weighted by atomic mass is 127. The van der Waals surface area contributed by atoms with Crippen molar-refractivity contribution >= 4 is 50.1 Å². The maximum atomic E-state index is 11.3. The van der Waals surface area contributed by atoms with E-state index in [1.165, 1.54) is 16.2 Å². The van der Waals surface area contributed by atoms with Crippen molar-refractivity contribution in [2.45, 2.75) is 95.7 Å². The highest BCUT2D eigenvalue weighted by molar-refractivity contribution is 14.1. The van der Waals surface area contributed by atoms with Crippen molar-refractivity contribution in [2.75, 3.05) is 13.2 Å². The van der Waals surface area contributed by atoms with E-state index in [2.05, 4.69) is 128 Å². The van der Waals surface area contributed by atoms with Gasteiger partial charge in [-0.15, -0.1) is 0 Å². The van der Waals surface area contributed by atoms with Gasteiger partial charge in [0.25, 0.3) is 0 Å². The summed E-state index contributed by atoms with van der Waals surface area (Å²) in [5.41, 5.74) is 2.79. The van der Waals surface area contributed by atoms with Crippen molar-refractivity contribution in [3.63, 3.8) is 0 Å². The van der Waals surface area contributed by atoms with Crippen LogP contribution < -0.4 is 0 Å². The molecular formula is C46H53IN2O6. The second-order valence-corrected chi connectivity index (χ2v) is 16.5. The first-order chi connectivity index (χ1) is 26.4. The molecule has 8 nitrogen and oxygen atoms in total. The van der Waals surface area contributed by atoms with E-state index in [1.807, 2.05) is 12.1 Å². The van der Waals surface area contributed by atoms with Crippen LogP contribution in [0.25, 0.3) is 44.5 Å². The van der Waals surface area contributed by atoms with E-state index in [1.54, 1.807) is 13.8 Å². The lowest BCUT2D eigenvalue weighted by molar-refractivity contribution is -0.163. The highest BCUT2D eigenvalue weighted by Crippen LogP contribution is 2.33. The van der Waals surface area contributed by atoms with E-state index in [4.69, 9.17) is 23.3 Å². The van der Waals surface area contributed by atoms with Crippen LogP contribution in [0.4, 0.5) is 0 Å². The number of hydrogen-bond donors (Lipinski definition) is 1. The number of carboxylic acids is 1. The van der Waals surface area contributed by atoms with Gasteiger partial charge in [-0.1, -0.05) is 117 Å². The molecule has 1 aliphatic carbocycles. The number of halogens is 1. The first-order valence-corrected chi connectivity index (χ1v) is 20.9. The molecule has 2 aromatic heterocycles. The quantitative estimate of drug-likeness (QED) is 0.0904. The molecule has 55 heavy (non-hydrogen) atoms. The van der Waals surface area contributed by atoms with Gasteiger partial charge in [0.15, 0.2) is 5.60 Å². The van der Waals surface area contributed by atoms with Crippen molar-refractivity contribution in [3.05, 3.63) is 108 Å². The summed E-state index contributed by atoms with van der Waals surface area (Å²) in [5.74, 6) is 3.70. The number of nitrogens with zero attached hydrogens (tertiary/aromatic N) is 2. The first kappa shape index (κ1) is 40.6. The van der Waals surface area contributed by atoms with Gasteiger partial charge in [0.1, 0.15) is 17.2 Å². The zero-order valence-electron chi connectivity index (χ0n) is 32.8. The van der Waals surface area contributed by atoms with Crippen LogP contribution in [0, 0.1) is 11.8 Å². The van der Waals surface area contributed by atoms with E-state index in [-0.39, 0.29) is 5.92 Å². The summed E-state index contributed by atoms with van der Waals surface area (Å²) in [4.78, 5) is 20.8. The predicted octanol–water partition coefficient (Wildman–Crippen LogP) is 12.4. The van der Waals surface area contributed by atoms with E-state index in [0.717, 1.165) is 75.4 Å². The minimum Gasteiger partial charge on any atom is -0.479 e. The average molecular weight is 857 g/mol. The molecule has 1 N–H and O–H groups in total. The van der Waals surface area contributed by atoms with Crippen molar-refractivity contribution in [1.82, 2.24) is 9.97 Å². The van der Waals surface area contributed by atoms with E-state index in [0.29, 0.717) is 43.5 Å². The van der Waals surface area contributed by atoms with Gasteiger partial charge < -0.3 is 23.4 Å². The largest absolute Gasteiger partial charge is 0.479 e. The molecule has 0 amide bonds. The van der Waals surface area contributed by atoms with Gasteiger partial charge in [-0.25, -0.2) is 14.8 Å². The molecule has 290 valence electrons. The van der Waals surface area contributed by atoms with Gasteiger partial charge >= 0.3 is 5.97 Å². The van der Waals surface area contributed by atoms with Crippen molar-refractivity contribution < 1.29 is 28.2 Å². The maximum Gasteiger partial charge on any atom is 0.335 e. The lowest BCUT2D eigenvalue weighted by Gasteiger charge is -2.31. The normalized spacial score (nSPS) is 16.2. The third kappa shape index (κ3) is 10.2. The smallest absolute Gasteiger partial charge is 0.335 e. The second kappa shape index (κ2) is 18.3. The topological polar surface area (TPSA) is 108 Å². The summed E-state index contributed by atoms with van der Waals surface area (Å²) in [7, 11) is 0. The molecule has 9 heteroatoms. The Morgan fingerprint density at radius 1 is 0.764 bits per heavy atom. The molecule has 0 saturated heterocycles. The third-order valence-corrected chi connectivity index (χ3v) is 11.0. The number of fused-ring (bicyclic) bond motifs is 2. The molecule has 1 saturated carbocycles. The number of aliphatic carboxylic acids is 1. The number of benzene rings is 4. The van der Waals surface area contributed by atoms with Gasteiger partial charge in [-0.2, -0.15) is 0 Å². The zero-order valence-corrected chi connectivity index (χ0v) is 35.0. The van der Waals surface area contributed by atoms with Crippen LogP contribution in [0.15, 0.2) is 93.8 Å². The van der Waals surface area contributed by atoms with E-state index in [9.17, 15) is 9.90 Å². The van der Waals surface area contributed by atoms with E-state index < -0.39 is 11.6 Å². The standard InChI is InChI=1S/C29H37NO5.C17H16INO/c1-19(2)26-25(30-27(35-26)24-13-12-22-10-5-6-11-23(22)15-24)18-33-16-20-8-7-9-21(14-20)17-34-29(3,4)28(31)32;1-11(2)16-15(10-18)19-17(20-16)14-8-7-12-5-3-4-6-13(12)9-14/h5-6,10-13,15,19-21H,7-9,14,16-18H2,1-4H3,(H,31,32);3-9,11H,10H2,1-2H3/t20-,21+;/m0./s1. The SMILES string of the molecule is CC(C)c1oc(-c2ccc3ccccc3c2)nc1CI.CC(C)c1oc(-c2ccc3ccccc3c2)nc1COC[C@H]1CCC[C@@H](COC(C)(C)C(=O)O)C1. The molecular weight excluding hydrogens is 803 g/mol. The fourth-order valence-electron chi connectivity index (χ4n) is 7.14. The number of carbonyl (C=O) groups is 1. The Morgan fingerprint density at radius 3 is 1.75 bits per heavy atom. The Kier molecular flexibility index (Phi) is 13.5. The summed E-state index contributed by atoms with van der Waals surface area (Å²) in [6, 6.07) is 29.2. The number of ether oxygens (including phenoxy) is 2. The number of rotatable bonds is 13. The number of carboxylic acid groups (broad SMARTS) is 1. The molecule has 1 aliphatic rings. The number of alkyl halides is 1. The van der Waals surface area contributed by atoms with Crippen LogP contribution in [0.2, 0.25) is 0 Å². The molecule has 7 rings (SSSR count). The minimum absolute atomic E-state index is 0.212. The molecule has 2 atom stereocenters. The summed E-state index contributed by atoms with van der Waals surface area (Å²) in [6.07, 6.45) is 4.30. The lowest BCUT2D eigenvalue weighted by Crippen LogP contribution is -2.37. The molecule has 2 heterocycles. The van der Waals surface area contributed by atoms with Crippen LogP contribution >= 0.6 is 22.6 Å². The molecule has 0 spiro atoms. The fraction of sp³-hybridized carbons (Fsp3) is 0.413. The maximum absolute atomic E-state index is 11.3. The number of aromatic nitrogens is 2. The van der Waals surface area contributed by atoms with Crippen molar-refractivity contribution in [2.24, 2.45) is 11.8 Å². The molecule has 1 fully saturated rings. The van der Waals surface area contributed by atoms with Gasteiger partial charge in [-0.3, -0.25) is 0 Å². The zero-order chi connectivity index (χ0) is 39.1. The van der Waals surface area contributed by atoms with Crippen LogP contribution in [0.5, 0.6) is 0 Å². The monoisotopic (exact) mass is 856 g/mol. The summed E-state index contributed by atoms with van der Waals surface area (Å²) < 4.78 is 24.9. The minimum atomic E-state index is -1.15. The van der Waals surface area contributed by atoms with Crippen molar-refractivity contribution in [3.8, 4) is 22.9 Å². The number of oxazole rings is 2. The van der Waals surface area contributed by atoms with Crippen LogP contribution in [0.3, 0.4) is 0 Å². The van der Waals surface area contributed by atoms with Gasteiger partial charge in [0.2, 0.25) is 11.8 Å². The first-order valence-electron chi connectivity index (χ1n) is 19.4. The summed E-state index contributed by atoms with van der Waals surface area (Å²) in [6.45, 7) is 13.3. The third-order valence-electron chi connectivity index (χ3n) is 10.3. The lowest BCUT2D eigenvalue weighted by atomic mass is 9.82. The van der Waals surface area contributed by atoms with Crippen molar-refractivity contribution in [1.29, 1.82) is 0 Å². The summed E-state index contributed by atoms with van der Waals surface area (Å²) in [5, 5.41) is 14.1.